The second-order valence-electron chi connectivity index (χ2n) is 12.4. The number of methoxy groups -OCH3 is 1. The number of aromatic hydroxyl groups is 2. The van der Waals surface area contributed by atoms with Gasteiger partial charge in [-0.15, -0.1) is 0 Å². The number of aromatic amines is 1. The summed E-state index contributed by atoms with van der Waals surface area (Å²) < 4.78 is 12.3. The fourth-order valence-electron chi connectivity index (χ4n) is 6.25. The third-order valence-corrected chi connectivity index (χ3v) is 8.85. The van der Waals surface area contributed by atoms with Gasteiger partial charge < -0.3 is 34.6 Å². The zero-order chi connectivity index (χ0) is 35.8. The van der Waals surface area contributed by atoms with Crippen LogP contribution in [0.25, 0.3) is 17.1 Å². The molecule has 1 aliphatic heterocycles. The maximum Gasteiger partial charge on any atom is 0.342 e. The molecule has 262 valence electrons. The van der Waals surface area contributed by atoms with Crippen molar-refractivity contribution >= 4 is 34.8 Å². The molecule has 1 unspecified atom stereocenters. The molecule has 0 bridgehead atoms. The summed E-state index contributed by atoms with van der Waals surface area (Å²) >= 11 is 0. The molecule has 0 radical (unpaired) electrons. The fourth-order valence-corrected chi connectivity index (χ4v) is 6.25. The van der Waals surface area contributed by atoms with E-state index in [1.807, 2.05) is 0 Å². The molecule has 1 amide bonds. The first-order valence-corrected chi connectivity index (χ1v) is 16.7. The molecular formula is C38H41N3O9. The van der Waals surface area contributed by atoms with Gasteiger partial charge in [0.15, 0.2) is 0 Å². The molecule has 0 saturated carbocycles. The lowest BCUT2D eigenvalue weighted by Crippen LogP contribution is -2.39. The van der Waals surface area contributed by atoms with Crippen LogP contribution >= 0.6 is 0 Å². The lowest BCUT2D eigenvalue weighted by atomic mass is 9.84. The number of rotatable bonds is 8. The summed E-state index contributed by atoms with van der Waals surface area (Å²) in [5.41, 5.74) is 0.0569. The van der Waals surface area contributed by atoms with Crippen molar-refractivity contribution < 1.29 is 34.1 Å². The summed E-state index contributed by atoms with van der Waals surface area (Å²) in [7, 11) is 1.51. The number of H-pyrrole nitrogens is 1. The van der Waals surface area contributed by atoms with Gasteiger partial charge in [-0.05, 0) is 74.1 Å². The Kier molecular flexibility index (Phi) is 11.5. The van der Waals surface area contributed by atoms with Crippen LogP contribution in [0.4, 0.5) is 0 Å². The summed E-state index contributed by atoms with van der Waals surface area (Å²) in [6, 6.07) is 15.0. The first-order valence-electron chi connectivity index (χ1n) is 16.7. The molecule has 2 atom stereocenters. The molecule has 3 aromatic carbocycles. The predicted octanol–water partition coefficient (Wildman–Crippen LogP) is 4.93. The number of amides is 1. The number of ether oxygens (including phenoxy) is 2. The number of carbonyl (C=O) groups excluding carboxylic acids is 3. The van der Waals surface area contributed by atoms with Crippen LogP contribution < -0.4 is 21.2 Å². The molecule has 2 heterocycles. The highest BCUT2D eigenvalue weighted by molar-refractivity contribution is 5.98. The number of aromatic nitrogens is 2. The topological polar surface area (TPSA) is 177 Å². The van der Waals surface area contributed by atoms with Crippen molar-refractivity contribution in [2.45, 2.75) is 70.4 Å². The van der Waals surface area contributed by atoms with Crippen molar-refractivity contribution in [1.29, 1.82) is 0 Å². The Morgan fingerprint density at radius 2 is 1.80 bits per heavy atom. The molecule has 0 saturated heterocycles. The SMILES string of the molecule is COc1ccc(C(CC(=O)NCCn2c(=O)c(=O)[nH]c3ccccc32)c2c(O)cc3c(c2O)C(=O)O[C@@H](C)CCCC(=O)CCC/C=C/3)cc1. The number of benzene rings is 3. The lowest BCUT2D eigenvalue weighted by molar-refractivity contribution is -0.121. The van der Waals surface area contributed by atoms with Crippen LogP contribution in [0.1, 0.15) is 84.8 Å². The zero-order valence-electron chi connectivity index (χ0n) is 28.1. The molecule has 4 N–H and O–H groups in total. The van der Waals surface area contributed by atoms with Crippen molar-refractivity contribution in [2.75, 3.05) is 13.7 Å². The second-order valence-corrected chi connectivity index (χ2v) is 12.4. The van der Waals surface area contributed by atoms with Crippen LogP contribution in [-0.4, -0.2) is 57.2 Å². The van der Waals surface area contributed by atoms with Gasteiger partial charge in [0.25, 0.3) is 0 Å². The fraction of sp³-hybridized carbons (Fsp3) is 0.342. The van der Waals surface area contributed by atoms with E-state index in [1.165, 1.54) is 17.7 Å². The van der Waals surface area contributed by atoms with Crippen molar-refractivity contribution in [3.63, 3.8) is 0 Å². The van der Waals surface area contributed by atoms with Gasteiger partial charge in [-0.1, -0.05) is 36.4 Å². The Labute approximate surface area is 288 Å². The van der Waals surface area contributed by atoms with Crippen molar-refractivity contribution in [3.8, 4) is 17.2 Å². The van der Waals surface area contributed by atoms with E-state index >= 15 is 0 Å². The molecular weight excluding hydrogens is 642 g/mol. The third kappa shape index (κ3) is 8.31. The van der Waals surface area contributed by atoms with Crippen molar-refractivity contribution in [2.24, 2.45) is 0 Å². The first kappa shape index (κ1) is 35.7. The predicted molar refractivity (Wildman–Crippen MR) is 188 cm³/mol. The minimum Gasteiger partial charge on any atom is -0.507 e. The number of nitrogens with one attached hydrogen (secondary N) is 2. The largest absolute Gasteiger partial charge is 0.507 e. The Morgan fingerprint density at radius 3 is 2.56 bits per heavy atom. The van der Waals surface area contributed by atoms with Crippen LogP contribution in [0.15, 0.2) is 70.3 Å². The van der Waals surface area contributed by atoms with Gasteiger partial charge >= 0.3 is 17.1 Å². The van der Waals surface area contributed by atoms with E-state index in [-0.39, 0.29) is 47.7 Å². The number of fused-ring (bicyclic) bond motifs is 2. The quantitative estimate of drug-likeness (QED) is 0.148. The number of carbonyl (C=O) groups is 3. The number of esters is 1. The maximum absolute atomic E-state index is 13.6. The Balaban J connectivity index is 1.48. The average molecular weight is 684 g/mol. The highest BCUT2D eigenvalue weighted by atomic mass is 16.5. The average Bonchev–Trinajstić information content (AvgIpc) is 3.08. The molecule has 0 fully saturated rings. The van der Waals surface area contributed by atoms with E-state index in [9.17, 15) is 34.2 Å². The van der Waals surface area contributed by atoms with Gasteiger partial charge in [0.1, 0.15) is 28.6 Å². The number of cyclic esters (lactones) is 1. The summed E-state index contributed by atoms with van der Waals surface area (Å²) in [4.78, 5) is 66.7. The minimum atomic E-state index is -0.928. The standard InChI is InChI=1S/C38H41N3O9/c1-23-9-8-12-26(42)11-5-3-4-10-25-21-31(43)34(35(45)33(25)38(48)50-23)28(24-15-17-27(49-2)18-16-24)22-32(44)39-19-20-41-30-14-7-6-13-29(30)40-36(46)37(41)47/h4,6-7,10,13-18,21,23,28,43,45H,3,5,8-9,11-12,19-20,22H2,1-2H3,(H,39,44)(H,40,46)/b10-4+/t23-,28?/m0/s1. The number of allylic oxidation sites excluding steroid dienone is 1. The van der Waals surface area contributed by atoms with Crippen LogP contribution in [0.2, 0.25) is 0 Å². The molecule has 4 aromatic rings. The summed E-state index contributed by atoms with van der Waals surface area (Å²) in [6.45, 7) is 1.74. The van der Waals surface area contributed by atoms with Gasteiger partial charge in [-0.3, -0.25) is 19.2 Å². The molecule has 0 spiro atoms. The minimum absolute atomic E-state index is 0.00424. The van der Waals surface area contributed by atoms with Gasteiger partial charge in [0, 0.05) is 43.8 Å². The van der Waals surface area contributed by atoms with Gasteiger partial charge in [0.05, 0.1) is 24.2 Å². The van der Waals surface area contributed by atoms with Crippen LogP contribution in [0.3, 0.4) is 0 Å². The number of hydrogen-bond donors (Lipinski definition) is 4. The van der Waals surface area contributed by atoms with Crippen molar-refractivity contribution in [3.05, 3.63) is 104 Å². The molecule has 1 aromatic heterocycles. The molecule has 0 aliphatic carbocycles. The summed E-state index contributed by atoms with van der Waals surface area (Å²) in [5, 5.41) is 26.0. The molecule has 1 aliphatic rings. The van der Waals surface area contributed by atoms with E-state index in [2.05, 4.69) is 10.3 Å². The third-order valence-electron chi connectivity index (χ3n) is 8.85. The first-order chi connectivity index (χ1) is 24.1. The Hall–Kier alpha value is -5.65. The smallest absolute Gasteiger partial charge is 0.342 e. The van der Waals surface area contributed by atoms with E-state index in [1.54, 1.807) is 67.6 Å². The second kappa shape index (κ2) is 16.2. The van der Waals surface area contributed by atoms with Crippen LogP contribution in [0, 0.1) is 0 Å². The number of ketones is 1. The monoisotopic (exact) mass is 683 g/mol. The van der Waals surface area contributed by atoms with Crippen LogP contribution in [0.5, 0.6) is 17.2 Å². The number of nitrogens with zero attached hydrogens (tertiary/aromatic N) is 1. The molecule has 12 heteroatoms. The van der Waals surface area contributed by atoms with E-state index in [0.717, 1.165) is 0 Å². The highest BCUT2D eigenvalue weighted by Crippen LogP contribution is 2.44. The highest BCUT2D eigenvalue weighted by Gasteiger charge is 2.31. The molecule has 12 nitrogen and oxygen atoms in total. The van der Waals surface area contributed by atoms with Gasteiger partial charge in [-0.2, -0.15) is 0 Å². The molecule has 50 heavy (non-hydrogen) atoms. The lowest BCUT2D eigenvalue weighted by Gasteiger charge is -2.23. The zero-order valence-corrected chi connectivity index (χ0v) is 28.1. The van der Waals surface area contributed by atoms with Crippen LogP contribution in [-0.2, 0) is 20.9 Å². The van der Waals surface area contributed by atoms with Crippen molar-refractivity contribution in [1.82, 2.24) is 14.9 Å². The Bertz CT molecular complexity index is 2030. The number of phenolic OH excluding ortho intramolecular Hbond substituents is 2. The number of hydrogen-bond acceptors (Lipinski definition) is 9. The number of para-hydroxylation sites is 2. The van der Waals surface area contributed by atoms with E-state index in [0.29, 0.717) is 60.9 Å². The number of phenols is 2. The van der Waals surface area contributed by atoms with Gasteiger partial charge in [0.2, 0.25) is 5.91 Å². The van der Waals surface area contributed by atoms with E-state index in [4.69, 9.17) is 9.47 Å². The summed E-state index contributed by atoms with van der Waals surface area (Å²) in [6.07, 6.45) is 5.61. The Morgan fingerprint density at radius 1 is 1.06 bits per heavy atom. The molecule has 5 rings (SSSR count). The maximum atomic E-state index is 13.6. The normalized spacial score (nSPS) is 16.9. The van der Waals surface area contributed by atoms with Gasteiger partial charge in [-0.25, -0.2) is 4.79 Å². The summed E-state index contributed by atoms with van der Waals surface area (Å²) in [5.74, 6) is -2.35. The van der Waals surface area contributed by atoms with E-state index < -0.39 is 40.8 Å². The number of Topliss-reactive ketones (excluding diaryl/α,β-unsaturated/α-hetero) is 1.